The third-order valence-corrected chi connectivity index (χ3v) is 3.40. The highest BCUT2D eigenvalue weighted by atomic mass is 16.5. The highest BCUT2D eigenvalue weighted by Gasteiger charge is 2.18. The Hall–Kier alpha value is -1.37. The van der Waals surface area contributed by atoms with Gasteiger partial charge in [0.2, 0.25) is 0 Å². The van der Waals surface area contributed by atoms with E-state index in [1.54, 1.807) is 0 Å². The van der Waals surface area contributed by atoms with Crippen LogP contribution in [0.2, 0.25) is 0 Å². The van der Waals surface area contributed by atoms with Crippen molar-refractivity contribution in [1.82, 2.24) is 4.90 Å². The van der Waals surface area contributed by atoms with Gasteiger partial charge in [-0.25, -0.2) is 0 Å². The number of hydrogen-bond acceptors (Lipinski definition) is 3. The van der Waals surface area contributed by atoms with E-state index in [2.05, 4.69) is 24.0 Å². The molecule has 1 heterocycles. The maximum atomic E-state index is 8.90. The van der Waals surface area contributed by atoms with E-state index >= 15 is 0 Å². The van der Waals surface area contributed by atoms with E-state index in [1.807, 2.05) is 18.2 Å². The number of rotatable bonds is 5. The largest absolute Gasteiger partial charge is 0.377 e. The fourth-order valence-corrected chi connectivity index (χ4v) is 2.38. The summed E-state index contributed by atoms with van der Waals surface area (Å²) in [7, 11) is 0. The van der Waals surface area contributed by atoms with Crippen molar-refractivity contribution in [2.24, 2.45) is 0 Å². The van der Waals surface area contributed by atoms with Crippen LogP contribution >= 0.6 is 0 Å². The van der Waals surface area contributed by atoms with E-state index in [9.17, 15) is 0 Å². The summed E-state index contributed by atoms with van der Waals surface area (Å²) >= 11 is 0. The Labute approximate surface area is 109 Å². The lowest BCUT2D eigenvalue weighted by Gasteiger charge is -2.23. The van der Waals surface area contributed by atoms with Crippen LogP contribution < -0.4 is 0 Å². The van der Waals surface area contributed by atoms with Crippen molar-refractivity contribution in [3.05, 3.63) is 35.4 Å². The maximum absolute atomic E-state index is 8.90. The van der Waals surface area contributed by atoms with E-state index < -0.39 is 0 Å². The van der Waals surface area contributed by atoms with Gasteiger partial charge in [0.15, 0.2) is 0 Å². The summed E-state index contributed by atoms with van der Waals surface area (Å²) < 4.78 is 5.67. The monoisotopic (exact) mass is 244 g/mol. The Morgan fingerprint density at radius 2 is 2.39 bits per heavy atom. The lowest BCUT2D eigenvalue weighted by atomic mass is 10.1. The molecule has 0 spiro atoms. The first-order valence-corrected chi connectivity index (χ1v) is 6.65. The van der Waals surface area contributed by atoms with Crippen molar-refractivity contribution >= 4 is 0 Å². The number of nitriles is 1. The van der Waals surface area contributed by atoms with E-state index in [-0.39, 0.29) is 0 Å². The molecule has 0 saturated carbocycles. The van der Waals surface area contributed by atoms with E-state index in [0.29, 0.717) is 6.10 Å². The Morgan fingerprint density at radius 3 is 3.06 bits per heavy atom. The van der Waals surface area contributed by atoms with Gasteiger partial charge in [0, 0.05) is 19.7 Å². The van der Waals surface area contributed by atoms with Crippen LogP contribution in [0.1, 0.15) is 30.9 Å². The summed E-state index contributed by atoms with van der Waals surface area (Å²) in [5, 5.41) is 8.90. The van der Waals surface area contributed by atoms with Crippen molar-refractivity contribution in [1.29, 1.82) is 5.26 Å². The number of hydrogen-bond donors (Lipinski definition) is 0. The lowest BCUT2D eigenvalue weighted by molar-refractivity contribution is 0.0725. The van der Waals surface area contributed by atoms with Crippen LogP contribution in [0.15, 0.2) is 24.3 Å². The predicted molar refractivity (Wildman–Crippen MR) is 71.1 cm³/mol. The van der Waals surface area contributed by atoms with Crippen molar-refractivity contribution in [2.75, 3.05) is 19.7 Å². The van der Waals surface area contributed by atoms with Gasteiger partial charge in [0.25, 0.3) is 0 Å². The molecule has 3 nitrogen and oxygen atoms in total. The van der Waals surface area contributed by atoms with Gasteiger partial charge < -0.3 is 4.74 Å². The molecule has 18 heavy (non-hydrogen) atoms. The topological polar surface area (TPSA) is 36.3 Å². The molecule has 1 fully saturated rings. The second-order valence-electron chi connectivity index (χ2n) is 4.77. The molecule has 1 aromatic rings. The van der Waals surface area contributed by atoms with Crippen LogP contribution in [0.5, 0.6) is 0 Å². The van der Waals surface area contributed by atoms with Gasteiger partial charge in [-0.2, -0.15) is 5.26 Å². The molecule has 1 aromatic carbocycles. The maximum Gasteiger partial charge on any atom is 0.0991 e. The van der Waals surface area contributed by atoms with Gasteiger partial charge >= 0.3 is 0 Å². The highest BCUT2D eigenvalue weighted by molar-refractivity contribution is 5.32. The quantitative estimate of drug-likeness (QED) is 0.798. The second-order valence-corrected chi connectivity index (χ2v) is 4.77. The third-order valence-electron chi connectivity index (χ3n) is 3.40. The van der Waals surface area contributed by atoms with E-state index in [4.69, 9.17) is 10.00 Å². The first-order chi connectivity index (χ1) is 8.81. The Bertz CT molecular complexity index is 419. The van der Waals surface area contributed by atoms with Crippen LogP contribution in [0, 0.1) is 11.3 Å². The number of benzene rings is 1. The molecular weight excluding hydrogens is 224 g/mol. The van der Waals surface area contributed by atoms with Crippen molar-refractivity contribution < 1.29 is 4.74 Å². The SMILES string of the molecule is CCN(Cc1cccc(C#N)c1)CC1CCCO1. The highest BCUT2D eigenvalue weighted by Crippen LogP contribution is 2.15. The molecule has 1 atom stereocenters. The molecule has 0 aromatic heterocycles. The molecule has 0 aliphatic carbocycles. The second kappa shape index (κ2) is 6.53. The minimum atomic E-state index is 0.393. The Balaban J connectivity index is 1.94. The molecule has 0 radical (unpaired) electrons. The summed E-state index contributed by atoms with van der Waals surface area (Å²) in [6.45, 7) is 5.98. The molecule has 3 heteroatoms. The van der Waals surface area contributed by atoms with Gasteiger partial charge in [-0.05, 0) is 37.1 Å². The standard InChI is InChI=1S/C15H20N2O/c1-2-17(12-15-7-4-8-18-15)11-14-6-3-5-13(9-14)10-16/h3,5-6,9,15H,2,4,7-8,11-12H2,1H3. The first-order valence-electron chi connectivity index (χ1n) is 6.65. The smallest absolute Gasteiger partial charge is 0.0991 e. The van der Waals surface area contributed by atoms with Gasteiger partial charge in [0.05, 0.1) is 17.7 Å². The van der Waals surface area contributed by atoms with Crippen LogP contribution in [-0.2, 0) is 11.3 Å². The molecule has 2 rings (SSSR count). The van der Waals surface area contributed by atoms with Crippen molar-refractivity contribution in [3.8, 4) is 6.07 Å². The van der Waals surface area contributed by atoms with Crippen LogP contribution in [-0.4, -0.2) is 30.7 Å². The molecule has 1 aliphatic heterocycles. The summed E-state index contributed by atoms with van der Waals surface area (Å²) in [4.78, 5) is 2.38. The summed E-state index contributed by atoms with van der Waals surface area (Å²) in [5.41, 5.74) is 1.94. The molecule has 0 amide bonds. The number of nitrogens with zero attached hydrogens (tertiary/aromatic N) is 2. The zero-order chi connectivity index (χ0) is 12.8. The first kappa shape index (κ1) is 13.1. The Kier molecular flexibility index (Phi) is 4.74. The zero-order valence-electron chi connectivity index (χ0n) is 10.9. The lowest BCUT2D eigenvalue weighted by Crippen LogP contribution is -2.31. The van der Waals surface area contributed by atoms with Gasteiger partial charge in [-0.1, -0.05) is 19.1 Å². The average Bonchev–Trinajstić information content (AvgIpc) is 2.91. The van der Waals surface area contributed by atoms with Gasteiger partial charge in [-0.15, -0.1) is 0 Å². The predicted octanol–water partition coefficient (Wildman–Crippen LogP) is 2.56. The summed E-state index contributed by atoms with van der Waals surface area (Å²) in [6, 6.07) is 10.0. The van der Waals surface area contributed by atoms with Crippen LogP contribution in [0.3, 0.4) is 0 Å². The van der Waals surface area contributed by atoms with Gasteiger partial charge in [0.1, 0.15) is 0 Å². The fraction of sp³-hybridized carbons (Fsp3) is 0.533. The molecule has 1 aliphatic rings. The zero-order valence-corrected chi connectivity index (χ0v) is 10.9. The van der Waals surface area contributed by atoms with Crippen LogP contribution in [0.4, 0.5) is 0 Å². The summed E-state index contributed by atoms with van der Waals surface area (Å²) in [5.74, 6) is 0. The molecular formula is C15H20N2O. The average molecular weight is 244 g/mol. The molecule has 1 unspecified atom stereocenters. The molecule has 1 saturated heterocycles. The Morgan fingerprint density at radius 1 is 1.50 bits per heavy atom. The number of likely N-dealkylation sites (N-methyl/N-ethyl adjacent to an activating group) is 1. The van der Waals surface area contributed by atoms with Crippen LogP contribution in [0.25, 0.3) is 0 Å². The minimum absolute atomic E-state index is 0.393. The molecule has 96 valence electrons. The minimum Gasteiger partial charge on any atom is -0.377 e. The third kappa shape index (κ3) is 3.56. The normalized spacial score (nSPS) is 19.1. The number of ether oxygens (including phenoxy) is 1. The molecule has 0 bridgehead atoms. The van der Waals surface area contributed by atoms with Crippen molar-refractivity contribution in [3.63, 3.8) is 0 Å². The summed E-state index contributed by atoms with van der Waals surface area (Å²) in [6.07, 6.45) is 2.75. The fourth-order valence-electron chi connectivity index (χ4n) is 2.38. The van der Waals surface area contributed by atoms with Gasteiger partial charge in [-0.3, -0.25) is 4.90 Å². The molecule has 0 N–H and O–H groups in total. The van der Waals surface area contributed by atoms with E-state index in [1.165, 1.54) is 18.4 Å². The van der Waals surface area contributed by atoms with E-state index in [0.717, 1.165) is 31.8 Å². The van der Waals surface area contributed by atoms with Crippen molar-refractivity contribution in [2.45, 2.75) is 32.4 Å².